The van der Waals surface area contributed by atoms with Crippen LogP contribution in [0.25, 0.3) is 27.8 Å². The Morgan fingerprint density at radius 1 is 0.962 bits per heavy atom. The van der Waals surface area contributed by atoms with Gasteiger partial charge in [0.2, 0.25) is 0 Å². The number of rotatable bonds is 0. The van der Waals surface area contributed by atoms with E-state index in [-0.39, 0.29) is 11.5 Å². The Labute approximate surface area is 156 Å². The number of anilines is 1. The maximum absolute atomic E-state index is 6.90. The molecule has 26 heavy (non-hydrogen) atoms. The summed E-state index contributed by atoms with van der Waals surface area (Å²) in [7, 11) is 0. The largest absolute Gasteiger partial charge is 0.458 e. The number of para-hydroxylation sites is 1. The number of benzene rings is 3. The van der Waals surface area contributed by atoms with Crippen LogP contribution in [0.3, 0.4) is 0 Å². The van der Waals surface area contributed by atoms with Gasteiger partial charge in [0.15, 0.2) is 0 Å². The lowest BCUT2D eigenvalue weighted by Gasteiger charge is -2.34. The smallest absolute Gasteiger partial charge is 0.136 e. The zero-order valence-corrected chi connectivity index (χ0v) is 15.0. The highest BCUT2D eigenvalue weighted by Gasteiger charge is 2.51. The summed E-state index contributed by atoms with van der Waals surface area (Å²) >= 11 is 6.90. The van der Waals surface area contributed by atoms with Crippen molar-refractivity contribution in [1.29, 1.82) is 0 Å². The van der Waals surface area contributed by atoms with E-state index in [0.717, 1.165) is 33.0 Å². The molecular weight excluding hydrogens is 342 g/mol. The fourth-order valence-electron chi connectivity index (χ4n) is 4.62. The molecule has 126 valence electrons. The standard InChI is InChI=1S/C23H16ClNO/c1-23-17-11-10-13-6-2-3-7-14(13)20(17)25-22(23)21-16(12-19(23)24)15-8-4-5-9-18(15)26-21/h2-12,22,25H,1H3. The van der Waals surface area contributed by atoms with Crippen LogP contribution in [0.5, 0.6) is 0 Å². The fraction of sp³-hybridized carbons (Fsp3) is 0.130. The van der Waals surface area contributed by atoms with Gasteiger partial charge in [-0.05, 0) is 30.0 Å². The molecule has 1 aliphatic heterocycles. The van der Waals surface area contributed by atoms with Gasteiger partial charge in [0.1, 0.15) is 11.3 Å². The van der Waals surface area contributed by atoms with Crippen molar-refractivity contribution in [2.24, 2.45) is 0 Å². The van der Waals surface area contributed by atoms with Gasteiger partial charge in [0.05, 0.1) is 11.5 Å². The highest BCUT2D eigenvalue weighted by Crippen LogP contribution is 2.59. The van der Waals surface area contributed by atoms with Crippen LogP contribution in [0, 0.1) is 0 Å². The summed E-state index contributed by atoms with van der Waals surface area (Å²) in [5.74, 6) is 0.971. The molecule has 3 aromatic carbocycles. The third kappa shape index (κ3) is 1.59. The summed E-state index contributed by atoms with van der Waals surface area (Å²) in [4.78, 5) is 0. The van der Waals surface area contributed by atoms with Gasteiger partial charge in [0, 0.05) is 27.1 Å². The van der Waals surface area contributed by atoms with Crippen LogP contribution in [0.4, 0.5) is 5.69 Å². The van der Waals surface area contributed by atoms with E-state index in [2.05, 4.69) is 60.8 Å². The first-order chi connectivity index (χ1) is 12.7. The minimum absolute atomic E-state index is 0.0109. The Kier molecular flexibility index (Phi) is 2.62. The number of hydrogen-bond donors (Lipinski definition) is 1. The van der Waals surface area contributed by atoms with Crippen molar-refractivity contribution in [2.45, 2.75) is 18.4 Å². The molecule has 0 radical (unpaired) electrons. The second-order valence-electron chi connectivity index (χ2n) is 7.36. The summed E-state index contributed by atoms with van der Waals surface area (Å²) < 4.78 is 6.30. The van der Waals surface area contributed by atoms with E-state index in [0.29, 0.717) is 0 Å². The molecule has 0 saturated carbocycles. The molecule has 2 nitrogen and oxygen atoms in total. The third-order valence-corrected chi connectivity index (χ3v) is 6.55. The number of halogens is 1. The topological polar surface area (TPSA) is 25.2 Å². The van der Waals surface area contributed by atoms with Crippen molar-refractivity contribution in [3.8, 4) is 0 Å². The van der Waals surface area contributed by atoms with E-state index in [1.165, 1.54) is 16.3 Å². The molecule has 0 fully saturated rings. The molecule has 1 aromatic heterocycles. The summed E-state index contributed by atoms with van der Waals surface area (Å²) in [5.41, 5.74) is 4.06. The van der Waals surface area contributed by atoms with E-state index >= 15 is 0 Å². The minimum Gasteiger partial charge on any atom is -0.458 e. The van der Waals surface area contributed by atoms with E-state index in [1.807, 2.05) is 18.2 Å². The average Bonchev–Trinajstić information content (AvgIpc) is 3.18. The maximum atomic E-state index is 6.90. The van der Waals surface area contributed by atoms with Crippen molar-refractivity contribution in [3.63, 3.8) is 0 Å². The highest BCUT2D eigenvalue weighted by molar-refractivity contribution is 6.34. The lowest BCUT2D eigenvalue weighted by molar-refractivity contribution is 0.425. The number of hydrogen-bond acceptors (Lipinski definition) is 2. The molecule has 4 aromatic rings. The number of nitrogens with one attached hydrogen (secondary N) is 1. The van der Waals surface area contributed by atoms with Crippen molar-refractivity contribution in [3.05, 3.63) is 82.6 Å². The number of furan rings is 1. The SMILES string of the molecule is CC12C(Cl)=Cc3c(oc4ccccc34)C1Nc1c2ccc2ccccc12. The Morgan fingerprint density at radius 2 is 1.73 bits per heavy atom. The van der Waals surface area contributed by atoms with Crippen LogP contribution in [-0.2, 0) is 5.41 Å². The van der Waals surface area contributed by atoms with Crippen LogP contribution >= 0.6 is 11.6 Å². The van der Waals surface area contributed by atoms with Gasteiger partial charge in [-0.25, -0.2) is 0 Å². The monoisotopic (exact) mass is 357 g/mol. The predicted molar refractivity (Wildman–Crippen MR) is 108 cm³/mol. The highest BCUT2D eigenvalue weighted by atomic mass is 35.5. The van der Waals surface area contributed by atoms with Gasteiger partial charge in [-0.2, -0.15) is 0 Å². The Bertz CT molecular complexity index is 1250. The Morgan fingerprint density at radius 3 is 2.62 bits per heavy atom. The van der Waals surface area contributed by atoms with Gasteiger partial charge in [-0.15, -0.1) is 0 Å². The van der Waals surface area contributed by atoms with E-state index in [9.17, 15) is 0 Å². The van der Waals surface area contributed by atoms with E-state index < -0.39 is 0 Å². The first kappa shape index (κ1) is 14.5. The Balaban J connectivity index is 1.68. The second-order valence-corrected chi connectivity index (χ2v) is 7.76. The van der Waals surface area contributed by atoms with Gasteiger partial charge in [-0.1, -0.05) is 66.2 Å². The molecule has 1 N–H and O–H groups in total. The molecule has 1 aliphatic carbocycles. The second kappa shape index (κ2) is 4.72. The van der Waals surface area contributed by atoms with E-state index in [4.69, 9.17) is 16.0 Å². The molecule has 3 heteroatoms. The van der Waals surface area contributed by atoms with Crippen LogP contribution in [0.2, 0.25) is 0 Å². The predicted octanol–water partition coefficient (Wildman–Crippen LogP) is 6.60. The van der Waals surface area contributed by atoms with Crippen LogP contribution in [0.1, 0.15) is 29.9 Å². The van der Waals surface area contributed by atoms with Crippen molar-refractivity contribution in [1.82, 2.24) is 0 Å². The van der Waals surface area contributed by atoms with Gasteiger partial charge < -0.3 is 9.73 Å². The molecule has 0 amide bonds. The minimum atomic E-state index is -0.332. The van der Waals surface area contributed by atoms with Gasteiger partial charge >= 0.3 is 0 Å². The zero-order chi connectivity index (χ0) is 17.5. The van der Waals surface area contributed by atoms with Crippen LogP contribution in [-0.4, -0.2) is 0 Å². The Hall–Kier alpha value is -2.71. The number of fused-ring (bicyclic) bond motifs is 9. The first-order valence-corrected chi connectivity index (χ1v) is 9.23. The molecular formula is C23H16ClNO. The normalized spacial score (nSPS) is 23.3. The average molecular weight is 358 g/mol. The summed E-state index contributed by atoms with van der Waals surface area (Å²) in [6.07, 6.45) is 2.09. The molecule has 2 unspecified atom stereocenters. The van der Waals surface area contributed by atoms with E-state index in [1.54, 1.807) is 0 Å². The lowest BCUT2D eigenvalue weighted by Crippen LogP contribution is -2.31. The quantitative estimate of drug-likeness (QED) is 0.383. The third-order valence-electron chi connectivity index (χ3n) is 6.05. The van der Waals surface area contributed by atoms with Crippen molar-refractivity contribution < 1.29 is 4.42 Å². The maximum Gasteiger partial charge on any atom is 0.136 e. The summed E-state index contributed by atoms with van der Waals surface area (Å²) in [6.45, 7) is 2.21. The first-order valence-electron chi connectivity index (χ1n) is 8.86. The summed E-state index contributed by atoms with van der Waals surface area (Å²) in [5, 5.41) is 8.17. The molecule has 0 bridgehead atoms. The molecule has 2 atom stereocenters. The molecule has 6 rings (SSSR count). The van der Waals surface area contributed by atoms with Crippen LogP contribution < -0.4 is 5.32 Å². The molecule has 2 heterocycles. The van der Waals surface area contributed by atoms with Crippen molar-refractivity contribution in [2.75, 3.05) is 5.32 Å². The fourth-order valence-corrected chi connectivity index (χ4v) is 4.94. The molecule has 0 spiro atoms. The van der Waals surface area contributed by atoms with Gasteiger partial charge in [-0.3, -0.25) is 0 Å². The van der Waals surface area contributed by atoms with Crippen LogP contribution in [0.15, 0.2) is 70.1 Å². The zero-order valence-electron chi connectivity index (χ0n) is 14.2. The lowest BCUT2D eigenvalue weighted by atomic mass is 9.73. The van der Waals surface area contributed by atoms with Crippen molar-refractivity contribution >= 4 is 45.1 Å². The molecule has 0 saturated heterocycles. The molecule has 2 aliphatic rings. The van der Waals surface area contributed by atoms with Gasteiger partial charge in [0.25, 0.3) is 0 Å². The summed E-state index contributed by atoms with van der Waals surface area (Å²) in [6, 6.07) is 21.0.